The number of benzene rings is 2. The molecule has 4 aliphatic rings. The van der Waals surface area contributed by atoms with E-state index in [9.17, 15) is 14.7 Å². The molecule has 2 unspecified atom stereocenters. The van der Waals surface area contributed by atoms with E-state index in [1.807, 2.05) is 4.90 Å². The Morgan fingerprint density at radius 2 is 1.80 bits per heavy atom. The summed E-state index contributed by atoms with van der Waals surface area (Å²) in [5, 5.41) is 15.9. The van der Waals surface area contributed by atoms with Crippen molar-refractivity contribution in [1.29, 1.82) is 0 Å². The highest BCUT2D eigenvalue weighted by molar-refractivity contribution is 6.31. The molecule has 1 amide bonds. The summed E-state index contributed by atoms with van der Waals surface area (Å²) in [5.41, 5.74) is -0.242. The van der Waals surface area contributed by atoms with E-state index in [1.165, 1.54) is 12.1 Å². The summed E-state index contributed by atoms with van der Waals surface area (Å²) in [7, 11) is 0. The summed E-state index contributed by atoms with van der Waals surface area (Å²) in [5.74, 6) is -2.62. The van der Waals surface area contributed by atoms with Crippen LogP contribution in [0.1, 0.15) is 68.6 Å². The van der Waals surface area contributed by atoms with Crippen molar-refractivity contribution in [3.8, 4) is 0 Å². The second-order valence-electron chi connectivity index (χ2n) is 14.4. The van der Waals surface area contributed by atoms with Crippen LogP contribution < -0.4 is 10.6 Å². The second kappa shape index (κ2) is 12.5. The van der Waals surface area contributed by atoms with Crippen LogP contribution in [0.5, 0.6) is 0 Å². The Balaban J connectivity index is 1.45. The Hall–Kier alpha value is -2.14. The molecule has 6 atom stereocenters. The Bertz CT molecular complexity index is 1480. The first-order valence-corrected chi connectivity index (χ1v) is 16.7. The maximum absolute atomic E-state index is 16.2. The van der Waals surface area contributed by atoms with Crippen LogP contribution in [0, 0.1) is 23.0 Å². The number of hydrogen-bond acceptors (Lipinski definition) is 6. The predicted octanol–water partition coefficient (Wildman–Crippen LogP) is 4.83. The lowest BCUT2D eigenvalue weighted by Gasteiger charge is -2.42. The van der Waals surface area contributed by atoms with Crippen LogP contribution in [0.4, 0.5) is 8.78 Å². The van der Waals surface area contributed by atoms with Crippen LogP contribution in [-0.4, -0.2) is 84.7 Å². The highest BCUT2D eigenvalue weighted by Crippen LogP contribution is 2.62. The van der Waals surface area contributed by atoms with E-state index in [0.717, 1.165) is 38.2 Å². The molecule has 1 spiro atoms. The molecule has 2 aromatic carbocycles. The number of carbonyl (C=O) groups is 2. The second-order valence-corrected chi connectivity index (χ2v) is 15.2. The molecular weight excluding hydrogens is 621 g/mol. The van der Waals surface area contributed by atoms with Gasteiger partial charge in [-0.05, 0) is 65.0 Å². The zero-order chi connectivity index (χ0) is 32.3. The van der Waals surface area contributed by atoms with E-state index in [-0.39, 0.29) is 57.7 Å². The molecule has 11 heteroatoms. The molecule has 7 nitrogen and oxygen atoms in total. The topological polar surface area (TPSA) is 84.9 Å². The minimum absolute atomic E-state index is 0.0122. The van der Waals surface area contributed by atoms with Gasteiger partial charge in [-0.15, -0.1) is 0 Å². The lowest BCUT2D eigenvalue weighted by Crippen LogP contribution is -2.51. The number of hydrogen-bond donors (Lipinski definition) is 3. The van der Waals surface area contributed by atoms with Gasteiger partial charge >= 0.3 is 0 Å². The monoisotopic (exact) mass is 662 g/mol. The van der Waals surface area contributed by atoms with Gasteiger partial charge in [0.15, 0.2) is 0 Å². The number of rotatable bonds is 7. The average molecular weight is 664 g/mol. The van der Waals surface area contributed by atoms with Crippen molar-refractivity contribution >= 4 is 34.9 Å². The predicted molar refractivity (Wildman–Crippen MR) is 171 cm³/mol. The molecule has 2 heterocycles. The molecule has 2 aliphatic carbocycles. The summed E-state index contributed by atoms with van der Waals surface area (Å²) in [6.45, 7) is 10.2. The van der Waals surface area contributed by atoms with Crippen LogP contribution >= 0.6 is 23.2 Å². The zero-order valence-electron chi connectivity index (χ0n) is 26.0. The van der Waals surface area contributed by atoms with Gasteiger partial charge in [-0.1, -0.05) is 56.1 Å². The number of fused-ring (bicyclic) bond motifs is 4. The quantitative estimate of drug-likeness (QED) is 0.394. The highest BCUT2D eigenvalue weighted by atomic mass is 35.5. The van der Waals surface area contributed by atoms with Crippen molar-refractivity contribution in [2.24, 2.45) is 11.3 Å². The summed E-state index contributed by atoms with van der Waals surface area (Å²) in [6, 6.07) is 6.12. The van der Waals surface area contributed by atoms with E-state index >= 15 is 8.78 Å². The van der Waals surface area contributed by atoms with Crippen LogP contribution in [0.15, 0.2) is 30.3 Å². The van der Waals surface area contributed by atoms with Crippen molar-refractivity contribution in [2.45, 2.75) is 69.4 Å². The maximum Gasteiger partial charge on any atom is 0.237 e. The fourth-order valence-corrected chi connectivity index (χ4v) is 8.49. The van der Waals surface area contributed by atoms with Crippen LogP contribution in [-0.2, 0) is 15.0 Å². The Morgan fingerprint density at radius 1 is 1.09 bits per heavy atom. The highest BCUT2D eigenvalue weighted by Gasteiger charge is 2.66. The van der Waals surface area contributed by atoms with E-state index < -0.39 is 35.1 Å². The third-order valence-electron chi connectivity index (χ3n) is 10.3. The molecular formula is C34H42Cl2F2N4O3. The number of nitrogens with one attached hydrogen (secondary N) is 2. The Labute approximate surface area is 273 Å². The van der Waals surface area contributed by atoms with Gasteiger partial charge in [0, 0.05) is 57.6 Å². The summed E-state index contributed by atoms with van der Waals surface area (Å²) >= 11 is 12.7. The summed E-state index contributed by atoms with van der Waals surface area (Å²) in [6.07, 6.45) is 1.55. The van der Waals surface area contributed by atoms with E-state index in [4.69, 9.17) is 23.2 Å². The number of amides is 1. The van der Waals surface area contributed by atoms with E-state index in [1.54, 1.807) is 18.2 Å². The molecule has 0 radical (unpaired) electrons. The molecule has 0 bridgehead atoms. The van der Waals surface area contributed by atoms with Crippen LogP contribution in [0.2, 0.25) is 10.0 Å². The molecule has 6 rings (SSSR count). The third-order valence-corrected chi connectivity index (χ3v) is 10.9. The number of piperazine rings is 1. The lowest BCUT2D eigenvalue weighted by atomic mass is 9.58. The normalized spacial score (nSPS) is 30.2. The number of carbonyl (C=O) groups excluding carboxylic acids is 2. The van der Waals surface area contributed by atoms with Gasteiger partial charge in [-0.3, -0.25) is 19.4 Å². The van der Waals surface area contributed by atoms with Crippen molar-refractivity contribution in [2.75, 3.05) is 46.0 Å². The van der Waals surface area contributed by atoms with Crippen molar-refractivity contribution < 1.29 is 23.5 Å². The van der Waals surface area contributed by atoms with Gasteiger partial charge in [0.2, 0.25) is 5.91 Å². The van der Waals surface area contributed by atoms with Crippen LogP contribution in [0.3, 0.4) is 0 Å². The van der Waals surface area contributed by atoms with Gasteiger partial charge in [0.25, 0.3) is 0 Å². The minimum Gasteiger partial charge on any atom is -0.381 e. The SMILES string of the molecule is CC(C)(C)C[C@H]1N[C@@H](C(=O)NCCN2CCN(CO)CC2)[C@H](c2cccc(Cl)c2F)[C@@]12C(=O)CC1CC1c1cc(Cl)c(F)cc12. The number of ketones is 1. The molecule has 45 heavy (non-hydrogen) atoms. The molecule has 2 saturated heterocycles. The average Bonchev–Trinajstić information content (AvgIpc) is 3.68. The minimum atomic E-state index is -1.43. The maximum atomic E-state index is 16.2. The Kier molecular flexibility index (Phi) is 9.09. The molecule has 2 aromatic rings. The number of aliphatic hydroxyl groups is 1. The fourth-order valence-electron chi connectivity index (χ4n) is 8.13. The molecule has 3 N–H and O–H groups in total. The van der Waals surface area contributed by atoms with Gasteiger partial charge < -0.3 is 15.7 Å². The van der Waals surface area contributed by atoms with Gasteiger partial charge in [0.1, 0.15) is 17.4 Å². The molecule has 1 saturated carbocycles. The Morgan fingerprint density at radius 3 is 2.49 bits per heavy atom. The largest absolute Gasteiger partial charge is 0.381 e. The smallest absolute Gasteiger partial charge is 0.237 e. The van der Waals surface area contributed by atoms with E-state index in [2.05, 4.69) is 36.3 Å². The standard InChI is InChI=1S/C34H42Cl2F2N4O3/c1-33(2,3)17-27-34(23-16-26(37)25(36)15-22(23)21-13-19(21)14-28(34)44)29(20-5-4-6-24(35)30(20)38)31(40-27)32(45)39-7-8-41-9-11-42(18-43)12-10-41/h4-6,15-16,19,21,27,29,31,40,43H,7-14,17-18H2,1-3H3,(H,39,45)/t19?,21?,27-,29+,31-,34-/m1/s1. The molecule has 3 fully saturated rings. The van der Waals surface area contributed by atoms with Crippen molar-refractivity contribution in [3.63, 3.8) is 0 Å². The zero-order valence-corrected chi connectivity index (χ0v) is 27.5. The molecule has 244 valence electrons. The van der Waals surface area contributed by atoms with Gasteiger partial charge in [0.05, 0.1) is 28.2 Å². The summed E-state index contributed by atoms with van der Waals surface area (Å²) in [4.78, 5) is 33.2. The number of Topliss-reactive ketones (excluding diaryl/α,β-unsaturated/α-hetero) is 1. The van der Waals surface area contributed by atoms with Crippen molar-refractivity contribution in [1.82, 2.24) is 20.4 Å². The first kappa shape index (κ1) is 32.8. The first-order chi connectivity index (χ1) is 21.3. The summed E-state index contributed by atoms with van der Waals surface area (Å²) < 4.78 is 31.6. The number of aliphatic hydroxyl groups excluding tert-OH is 1. The lowest BCUT2D eigenvalue weighted by molar-refractivity contribution is -0.126. The molecule has 2 aliphatic heterocycles. The first-order valence-electron chi connectivity index (χ1n) is 15.9. The fraction of sp³-hybridized carbons (Fsp3) is 0.588. The molecule has 0 aromatic heterocycles. The van der Waals surface area contributed by atoms with Crippen molar-refractivity contribution in [3.05, 3.63) is 68.7 Å². The third kappa shape index (κ3) is 6.05. The van der Waals surface area contributed by atoms with Crippen LogP contribution in [0.25, 0.3) is 0 Å². The van der Waals surface area contributed by atoms with Gasteiger partial charge in [-0.2, -0.15) is 0 Å². The van der Waals surface area contributed by atoms with E-state index in [0.29, 0.717) is 25.1 Å². The van der Waals surface area contributed by atoms with Gasteiger partial charge in [-0.25, -0.2) is 8.78 Å². The number of halogens is 4. The number of nitrogens with zero attached hydrogens (tertiary/aromatic N) is 2.